The molecule has 1 aliphatic rings. The molecule has 0 radical (unpaired) electrons. The molecule has 8 nitrogen and oxygen atoms in total. The first-order valence-corrected chi connectivity index (χ1v) is 7.52. The molecule has 0 bridgehead atoms. The molecule has 9 heteroatoms. The molecule has 22 heavy (non-hydrogen) atoms. The molecule has 0 aliphatic carbocycles. The summed E-state index contributed by atoms with van der Waals surface area (Å²) in [6.45, 7) is 0.478. The van der Waals surface area contributed by atoms with Gasteiger partial charge in [0.05, 0.1) is 24.5 Å². The van der Waals surface area contributed by atoms with Gasteiger partial charge in [0, 0.05) is 30.6 Å². The van der Waals surface area contributed by atoms with E-state index >= 15 is 0 Å². The van der Waals surface area contributed by atoms with E-state index in [2.05, 4.69) is 20.3 Å². The van der Waals surface area contributed by atoms with Crippen LogP contribution in [0, 0.1) is 5.92 Å². The van der Waals surface area contributed by atoms with Crippen LogP contribution in [0.3, 0.4) is 0 Å². The Balaban J connectivity index is 1.59. The quantitative estimate of drug-likeness (QED) is 0.818. The number of H-pyrrole nitrogens is 1. The fourth-order valence-electron chi connectivity index (χ4n) is 2.25. The second-order valence-electron chi connectivity index (χ2n) is 4.84. The molecule has 1 fully saturated rings. The minimum atomic E-state index is -0.418. The van der Waals surface area contributed by atoms with Crippen LogP contribution >= 0.6 is 11.3 Å². The number of aromatic amines is 1. The molecule has 1 atom stereocenters. The zero-order valence-corrected chi connectivity index (χ0v) is 12.3. The van der Waals surface area contributed by atoms with Crippen molar-refractivity contribution in [1.82, 2.24) is 20.3 Å². The molecule has 1 unspecified atom stereocenters. The third-order valence-corrected chi connectivity index (χ3v) is 4.12. The zero-order valence-electron chi connectivity index (χ0n) is 11.5. The van der Waals surface area contributed by atoms with Gasteiger partial charge in [-0.25, -0.2) is 9.97 Å². The van der Waals surface area contributed by atoms with Crippen molar-refractivity contribution in [2.24, 2.45) is 5.92 Å². The summed E-state index contributed by atoms with van der Waals surface area (Å²) < 4.78 is 0. The smallest absolute Gasteiger partial charge is 0.250 e. The molecule has 0 saturated carbocycles. The fraction of sp³-hybridized carbons (Fsp3) is 0.308. The van der Waals surface area contributed by atoms with Crippen molar-refractivity contribution < 1.29 is 9.59 Å². The van der Waals surface area contributed by atoms with Gasteiger partial charge in [-0.1, -0.05) is 0 Å². The molecule has 114 valence electrons. The van der Waals surface area contributed by atoms with E-state index < -0.39 is 5.92 Å². The van der Waals surface area contributed by atoms with Crippen molar-refractivity contribution >= 4 is 28.3 Å². The van der Waals surface area contributed by atoms with Crippen LogP contribution in [0.15, 0.2) is 28.8 Å². The molecule has 2 aromatic heterocycles. The Bertz CT molecular complexity index is 742. The van der Waals surface area contributed by atoms with E-state index in [4.69, 9.17) is 0 Å². The molecule has 2 aromatic rings. The number of carbonyl (C=O) groups is 2. The summed E-state index contributed by atoms with van der Waals surface area (Å²) in [5, 5.41) is 5.10. The Kier molecular flexibility index (Phi) is 3.96. The molecule has 0 aromatic carbocycles. The molecule has 2 amide bonds. The van der Waals surface area contributed by atoms with E-state index in [1.807, 2.05) is 0 Å². The maximum absolute atomic E-state index is 12.1. The Labute approximate surface area is 129 Å². The minimum absolute atomic E-state index is 0.107. The zero-order chi connectivity index (χ0) is 15.5. The van der Waals surface area contributed by atoms with E-state index in [1.165, 1.54) is 28.6 Å². The molecule has 3 rings (SSSR count). The highest BCUT2D eigenvalue weighted by Crippen LogP contribution is 2.26. The summed E-state index contributed by atoms with van der Waals surface area (Å²) in [7, 11) is 0. The van der Waals surface area contributed by atoms with Crippen LogP contribution in [-0.2, 0) is 16.1 Å². The van der Waals surface area contributed by atoms with Crippen molar-refractivity contribution in [2.45, 2.75) is 13.0 Å². The van der Waals surface area contributed by atoms with Crippen LogP contribution in [0.1, 0.15) is 12.1 Å². The van der Waals surface area contributed by atoms with Crippen LogP contribution in [-0.4, -0.2) is 33.3 Å². The van der Waals surface area contributed by atoms with Gasteiger partial charge in [-0.2, -0.15) is 0 Å². The van der Waals surface area contributed by atoms with Crippen molar-refractivity contribution in [2.75, 3.05) is 11.4 Å². The molecular formula is C13H13N5O3S. The normalized spacial score (nSPS) is 17.7. The summed E-state index contributed by atoms with van der Waals surface area (Å²) in [6.07, 6.45) is 3.07. The van der Waals surface area contributed by atoms with Crippen LogP contribution in [0.5, 0.6) is 0 Å². The fourth-order valence-corrected chi connectivity index (χ4v) is 2.91. The number of aromatic nitrogens is 3. The third kappa shape index (κ3) is 3.03. The van der Waals surface area contributed by atoms with Crippen LogP contribution in [0.4, 0.5) is 5.13 Å². The standard InChI is InChI=1S/C13H13N5O3S/c19-10-4-9(16-7-17-10)5-15-12(21)8-3-11(20)18(6-8)13-14-1-2-22-13/h1-2,4,7-8H,3,5-6H2,(H,15,21)(H,16,17,19). The van der Waals surface area contributed by atoms with Gasteiger partial charge < -0.3 is 10.3 Å². The lowest BCUT2D eigenvalue weighted by molar-refractivity contribution is -0.126. The molecule has 0 spiro atoms. The second kappa shape index (κ2) is 6.06. The average molecular weight is 319 g/mol. The third-order valence-electron chi connectivity index (χ3n) is 3.32. The molecule has 2 N–H and O–H groups in total. The number of anilines is 1. The van der Waals surface area contributed by atoms with E-state index in [-0.39, 0.29) is 30.3 Å². The highest BCUT2D eigenvalue weighted by atomic mass is 32.1. The summed E-state index contributed by atoms with van der Waals surface area (Å²) in [6, 6.07) is 1.32. The van der Waals surface area contributed by atoms with Gasteiger partial charge in [-0.05, 0) is 0 Å². The lowest BCUT2D eigenvalue weighted by Crippen LogP contribution is -2.33. The minimum Gasteiger partial charge on any atom is -0.350 e. The van der Waals surface area contributed by atoms with Gasteiger partial charge in [0.25, 0.3) is 5.56 Å². The predicted molar refractivity (Wildman–Crippen MR) is 79.3 cm³/mol. The summed E-state index contributed by atoms with van der Waals surface area (Å²) >= 11 is 1.36. The van der Waals surface area contributed by atoms with E-state index in [1.54, 1.807) is 11.6 Å². The summed E-state index contributed by atoms with van der Waals surface area (Å²) in [4.78, 5) is 47.2. The SMILES string of the molecule is O=C(NCc1cc(=O)[nH]cn1)C1CC(=O)N(c2nccs2)C1. The lowest BCUT2D eigenvalue weighted by atomic mass is 10.1. The first-order chi connectivity index (χ1) is 10.6. The number of hydrogen-bond acceptors (Lipinski definition) is 6. The number of nitrogens with one attached hydrogen (secondary N) is 2. The predicted octanol–water partition coefficient (Wildman–Crippen LogP) is -0.104. The Morgan fingerprint density at radius 1 is 1.45 bits per heavy atom. The van der Waals surface area contributed by atoms with Gasteiger partial charge in [0.15, 0.2) is 5.13 Å². The summed E-state index contributed by atoms with van der Waals surface area (Å²) in [5.74, 6) is -0.753. The largest absolute Gasteiger partial charge is 0.350 e. The average Bonchev–Trinajstić information content (AvgIpc) is 3.14. The molecule has 1 aliphatic heterocycles. The first kappa shape index (κ1) is 14.4. The van der Waals surface area contributed by atoms with Gasteiger partial charge >= 0.3 is 0 Å². The van der Waals surface area contributed by atoms with Crippen molar-refractivity contribution in [3.05, 3.63) is 40.0 Å². The van der Waals surface area contributed by atoms with E-state index in [9.17, 15) is 14.4 Å². The number of thiazole rings is 1. The highest BCUT2D eigenvalue weighted by molar-refractivity contribution is 7.13. The molecule has 3 heterocycles. The Morgan fingerprint density at radius 2 is 2.32 bits per heavy atom. The molecular weight excluding hydrogens is 306 g/mol. The molecule has 1 saturated heterocycles. The highest BCUT2D eigenvalue weighted by Gasteiger charge is 2.36. The van der Waals surface area contributed by atoms with Gasteiger partial charge in [0.1, 0.15) is 0 Å². The Hall–Kier alpha value is -2.55. The van der Waals surface area contributed by atoms with Gasteiger partial charge in [-0.15, -0.1) is 11.3 Å². The van der Waals surface area contributed by atoms with Crippen LogP contribution < -0.4 is 15.8 Å². The number of carbonyl (C=O) groups excluding carboxylic acids is 2. The monoisotopic (exact) mass is 319 g/mol. The lowest BCUT2D eigenvalue weighted by Gasteiger charge is -2.13. The first-order valence-electron chi connectivity index (χ1n) is 6.64. The number of amides is 2. The van der Waals surface area contributed by atoms with Crippen molar-refractivity contribution in [3.8, 4) is 0 Å². The Morgan fingerprint density at radius 3 is 3.05 bits per heavy atom. The van der Waals surface area contributed by atoms with E-state index in [0.29, 0.717) is 17.4 Å². The number of rotatable bonds is 4. The van der Waals surface area contributed by atoms with Crippen LogP contribution in [0.25, 0.3) is 0 Å². The second-order valence-corrected chi connectivity index (χ2v) is 5.71. The van der Waals surface area contributed by atoms with Crippen LogP contribution in [0.2, 0.25) is 0 Å². The maximum Gasteiger partial charge on any atom is 0.250 e. The van der Waals surface area contributed by atoms with Crippen molar-refractivity contribution in [1.29, 1.82) is 0 Å². The van der Waals surface area contributed by atoms with Gasteiger partial charge in [-0.3, -0.25) is 19.3 Å². The topological polar surface area (TPSA) is 108 Å². The van der Waals surface area contributed by atoms with Gasteiger partial charge in [0.2, 0.25) is 11.8 Å². The van der Waals surface area contributed by atoms with E-state index in [0.717, 1.165) is 0 Å². The van der Waals surface area contributed by atoms with Crippen molar-refractivity contribution in [3.63, 3.8) is 0 Å². The number of nitrogens with zero attached hydrogens (tertiary/aromatic N) is 3. The number of hydrogen-bond donors (Lipinski definition) is 2. The maximum atomic E-state index is 12.1. The summed E-state index contributed by atoms with van der Waals surface area (Å²) in [5.41, 5.74) is 0.198.